The second-order valence-electron chi connectivity index (χ2n) is 8.01. The predicted octanol–water partition coefficient (Wildman–Crippen LogP) is 3.44. The number of rotatable bonds is 4. The van der Waals surface area contributed by atoms with Crippen LogP contribution < -0.4 is 0 Å². The van der Waals surface area contributed by atoms with E-state index in [1.165, 1.54) is 32.1 Å². The van der Waals surface area contributed by atoms with E-state index in [4.69, 9.17) is 0 Å². The minimum absolute atomic E-state index is 0.313. The van der Waals surface area contributed by atoms with Crippen molar-refractivity contribution in [1.82, 2.24) is 19.4 Å². The van der Waals surface area contributed by atoms with Gasteiger partial charge in [0, 0.05) is 37.4 Å². The lowest BCUT2D eigenvalue weighted by atomic mass is 9.96. The largest absolute Gasteiger partial charge is 0.341 e. The highest BCUT2D eigenvalue weighted by Gasteiger charge is 2.28. The highest BCUT2D eigenvalue weighted by Crippen LogP contribution is 2.27. The molecule has 1 amide bonds. The highest BCUT2D eigenvalue weighted by atomic mass is 16.2. The van der Waals surface area contributed by atoms with Crippen molar-refractivity contribution < 1.29 is 4.79 Å². The van der Waals surface area contributed by atoms with Crippen molar-refractivity contribution in [2.45, 2.75) is 70.8 Å². The summed E-state index contributed by atoms with van der Waals surface area (Å²) in [6, 6.07) is 0.421. The fourth-order valence-corrected chi connectivity index (χ4v) is 4.25. The summed E-state index contributed by atoms with van der Waals surface area (Å²) in [5.41, 5.74) is 0. The molecule has 0 spiro atoms. The summed E-state index contributed by atoms with van der Waals surface area (Å²) in [4.78, 5) is 21.9. The number of nitrogens with zero attached hydrogens (tertiary/aromatic N) is 4. The smallest absolute Gasteiger partial charge is 0.236 e. The fraction of sp³-hybridized carbons (Fsp3) is 0.800. The second kappa shape index (κ2) is 8.84. The predicted molar refractivity (Wildman–Crippen MR) is 101 cm³/mol. The van der Waals surface area contributed by atoms with E-state index in [9.17, 15) is 4.79 Å². The zero-order valence-electron chi connectivity index (χ0n) is 16.0. The number of imidazole rings is 1. The van der Waals surface area contributed by atoms with E-state index in [2.05, 4.69) is 39.4 Å². The summed E-state index contributed by atoms with van der Waals surface area (Å²) >= 11 is 0. The Morgan fingerprint density at radius 3 is 2.56 bits per heavy atom. The monoisotopic (exact) mass is 346 g/mol. The molecule has 2 saturated heterocycles. The van der Waals surface area contributed by atoms with Gasteiger partial charge in [-0.3, -0.25) is 9.69 Å². The van der Waals surface area contributed by atoms with Crippen molar-refractivity contribution >= 4 is 5.91 Å². The maximum atomic E-state index is 12.9. The normalized spacial score (nSPS) is 23.5. The minimum atomic E-state index is 0.313. The van der Waals surface area contributed by atoms with Crippen LogP contribution in [0.15, 0.2) is 12.4 Å². The number of carbonyl (C=O) groups excluding carboxylic acids is 1. The third kappa shape index (κ3) is 4.84. The summed E-state index contributed by atoms with van der Waals surface area (Å²) in [7, 11) is 0. The standard InChI is InChI=1S/C20H34N4O/c1-17(2)24-14-10-21-20(24)18-9-8-13-23(15-18)19(25)16-22-11-6-4-3-5-7-12-22/h10,14,17-18H,3-9,11-13,15-16H2,1-2H3/t18-/m0/s1. The van der Waals surface area contributed by atoms with Gasteiger partial charge < -0.3 is 9.47 Å². The van der Waals surface area contributed by atoms with Gasteiger partial charge in [0.25, 0.3) is 0 Å². The molecule has 0 saturated carbocycles. The number of carbonyl (C=O) groups is 1. The molecule has 0 N–H and O–H groups in total. The van der Waals surface area contributed by atoms with Gasteiger partial charge in [-0.1, -0.05) is 19.3 Å². The summed E-state index contributed by atoms with van der Waals surface area (Å²) in [6.45, 7) is 8.90. The first kappa shape index (κ1) is 18.4. The highest BCUT2D eigenvalue weighted by molar-refractivity contribution is 5.78. The molecule has 1 aromatic heterocycles. The molecular weight excluding hydrogens is 312 g/mol. The van der Waals surface area contributed by atoms with Crippen molar-refractivity contribution in [3.63, 3.8) is 0 Å². The van der Waals surface area contributed by atoms with Gasteiger partial charge in [-0.05, 0) is 52.6 Å². The molecule has 0 aromatic carbocycles. The van der Waals surface area contributed by atoms with Crippen LogP contribution in [0.3, 0.4) is 0 Å². The number of hydrogen-bond acceptors (Lipinski definition) is 3. The average molecular weight is 347 g/mol. The lowest BCUT2D eigenvalue weighted by Crippen LogP contribution is -2.45. The van der Waals surface area contributed by atoms with Crippen LogP contribution >= 0.6 is 0 Å². The van der Waals surface area contributed by atoms with E-state index in [-0.39, 0.29) is 0 Å². The first-order chi connectivity index (χ1) is 12.1. The van der Waals surface area contributed by atoms with Crippen LogP contribution in [-0.4, -0.2) is 58.0 Å². The van der Waals surface area contributed by atoms with Gasteiger partial charge in [0.2, 0.25) is 5.91 Å². The number of likely N-dealkylation sites (tertiary alicyclic amines) is 2. The molecule has 140 valence electrons. The topological polar surface area (TPSA) is 41.4 Å². The van der Waals surface area contributed by atoms with Crippen molar-refractivity contribution in [2.24, 2.45) is 0 Å². The first-order valence-electron chi connectivity index (χ1n) is 10.2. The van der Waals surface area contributed by atoms with Crippen LogP contribution in [0.5, 0.6) is 0 Å². The molecule has 25 heavy (non-hydrogen) atoms. The molecule has 3 rings (SSSR count). The molecular formula is C20H34N4O. The third-order valence-electron chi connectivity index (χ3n) is 5.70. The molecule has 3 heterocycles. The molecule has 5 nitrogen and oxygen atoms in total. The average Bonchev–Trinajstić information content (AvgIpc) is 3.07. The molecule has 2 aliphatic rings. The first-order valence-corrected chi connectivity index (χ1v) is 10.2. The maximum Gasteiger partial charge on any atom is 0.236 e. The minimum Gasteiger partial charge on any atom is -0.341 e. The van der Waals surface area contributed by atoms with Gasteiger partial charge in [-0.25, -0.2) is 4.98 Å². The van der Waals surface area contributed by atoms with Gasteiger partial charge in [0.1, 0.15) is 5.82 Å². The van der Waals surface area contributed by atoms with E-state index >= 15 is 0 Å². The van der Waals surface area contributed by atoms with Gasteiger partial charge in [-0.15, -0.1) is 0 Å². The molecule has 1 aromatic rings. The van der Waals surface area contributed by atoms with Crippen LogP contribution in [0.2, 0.25) is 0 Å². The van der Waals surface area contributed by atoms with E-state index in [0.29, 0.717) is 24.4 Å². The zero-order valence-corrected chi connectivity index (χ0v) is 16.0. The number of amides is 1. The Bertz CT molecular complexity index is 546. The summed E-state index contributed by atoms with van der Waals surface area (Å²) < 4.78 is 2.26. The number of aromatic nitrogens is 2. The van der Waals surface area contributed by atoms with Crippen molar-refractivity contribution in [2.75, 3.05) is 32.7 Å². The Morgan fingerprint density at radius 2 is 1.84 bits per heavy atom. The molecule has 0 bridgehead atoms. The Kier molecular flexibility index (Phi) is 6.51. The Balaban J connectivity index is 1.58. The van der Waals surface area contributed by atoms with Gasteiger partial charge in [-0.2, -0.15) is 0 Å². The molecule has 1 atom stereocenters. The van der Waals surface area contributed by atoms with Crippen molar-refractivity contribution in [1.29, 1.82) is 0 Å². The van der Waals surface area contributed by atoms with Crippen molar-refractivity contribution in [3.8, 4) is 0 Å². The Morgan fingerprint density at radius 1 is 1.12 bits per heavy atom. The van der Waals surface area contributed by atoms with Crippen LogP contribution in [0.25, 0.3) is 0 Å². The van der Waals surface area contributed by atoms with Crippen LogP contribution in [0.1, 0.15) is 76.6 Å². The SMILES string of the molecule is CC(C)n1ccnc1[C@H]1CCCN(C(=O)CN2CCCCCCC2)C1. The van der Waals surface area contributed by atoms with Crippen LogP contribution in [-0.2, 0) is 4.79 Å². The van der Waals surface area contributed by atoms with Gasteiger partial charge in [0.05, 0.1) is 6.54 Å². The Labute approximate surface area is 152 Å². The number of piperidine rings is 1. The van der Waals surface area contributed by atoms with E-state index < -0.39 is 0 Å². The van der Waals surface area contributed by atoms with E-state index in [0.717, 1.165) is 44.8 Å². The molecule has 0 aliphatic carbocycles. The molecule has 0 unspecified atom stereocenters. The summed E-state index contributed by atoms with van der Waals surface area (Å²) in [5.74, 6) is 1.84. The Hall–Kier alpha value is -1.36. The fourth-order valence-electron chi connectivity index (χ4n) is 4.25. The lowest BCUT2D eigenvalue weighted by Gasteiger charge is -2.35. The summed E-state index contributed by atoms with van der Waals surface area (Å²) in [5, 5.41) is 0. The summed E-state index contributed by atoms with van der Waals surface area (Å²) in [6.07, 6.45) is 12.7. The van der Waals surface area contributed by atoms with Gasteiger partial charge >= 0.3 is 0 Å². The van der Waals surface area contributed by atoms with Gasteiger partial charge in [0.15, 0.2) is 0 Å². The second-order valence-corrected chi connectivity index (χ2v) is 8.01. The molecule has 2 aliphatic heterocycles. The zero-order chi connectivity index (χ0) is 17.6. The maximum absolute atomic E-state index is 12.9. The van der Waals surface area contributed by atoms with E-state index in [1.54, 1.807) is 0 Å². The lowest BCUT2D eigenvalue weighted by molar-refractivity contribution is -0.133. The number of hydrogen-bond donors (Lipinski definition) is 0. The molecule has 2 fully saturated rings. The third-order valence-corrected chi connectivity index (χ3v) is 5.70. The molecule has 0 radical (unpaired) electrons. The van der Waals surface area contributed by atoms with Crippen LogP contribution in [0, 0.1) is 0 Å². The molecule has 5 heteroatoms. The van der Waals surface area contributed by atoms with Crippen molar-refractivity contribution in [3.05, 3.63) is 18.2 Å². The quantitative estimate of drug-likeness (QED) is 0.839. The van der Waals surface area contributed by atoms with E-state index in [1.807, 2.05) is 6.20 Å². The van der Waals surface area contributed by atoms with Crippen LogP contribution in [0.4, 0.5) is 0 Å².